The highest BCUT2D eigenvalue weighted by atomic mass is 32.2. The molecule has 0 aromatic heterocycles. The molecule has 0 unspecified atom stereocenters. The summed E-state index contributed by atoms with van der Waals surface area (Å²) in [6.45, 7) is 1.56. The number of ether oxygens (including phenoxy) is 1. The van der Waals surface area contributed by atoms with Gasteiger partial charge >= 0.3 is 6.03 Å². The van der Waals surface area contributed by atoms with Crippen molar-refractivity contribution >= 4 is 16.1 Å². The third-order valence-corrected chi connectivity index (χ3v) is 4.15. The van der Waals surface area contributed by atoms with E-state index in [2.05, 4.69) is 10.6 Å². The van der Waals surface area contributed by atoms with Gasteiger partial charge in [-0.1, -0.05) is 12.1 Å². The summed E-state index contributed by atoms with van der Waals surface area (Å²) >= 11 is 0. The summed E-state index contributed by atoms with van der Waals surface area (Å²) in [6.07, 6.45) is 2.10. The number of hydrogen-bond donors (Lipinski definition) is 3. The molecule has 2 rings (SSSR count). The molecule has 0 spiro atoms. The van der Waals surface area contributed by atoms with E-state index in [0.29, 0.717) is 13.1 Å². The number of urea groups is 1. The van der Waals surface area contributed by atoms with Crippen molar-refractivity contribution in [2.75, 3.05) is 13.2 Å². The lowest BCUT2D eigenvalue weighted by Gasteiger charge is -2.11. The zero-order chi connectivity index (χ0) is 15.3. The second kappa shape index (κ2) is 6.88. The molecule has 0 bridgehead atoms. The first-order valence-electron chi connectivity index (χ1n) is 6.70. The number of sulfonamides is 1. The van der Waals surface area contributed by atoms with Gasteiger partial charge in [0, 0.05) is 19.7 Å². The Labute approximate surface area is 123 Å². The van der Waals surface area contributed by atoms with Crippen molar-refractivity contribution in [3.63, 3.8) is 0 Å². The average molecular weight is 313 g/mol. The minimum atomic E-state index is -3.68. The van der Waals surface area contributed by atoms with Gasteiger partial charge in [0.2, 0.25) is 10.0 Å². The molecule has 1 fully saturated rings. The number of rotatable bonds is 5. The molecule has 0 radical (unpaired) electrons. The molecule has 0 aliphatic carbocycles. The highest BCUT2D eigenvalue weighted by Gasteiger charge is 2.15. The molecule has 7 nitrogen and oxygen atoms in total. The Morgan fingerprint density at radius 2 is 2.00 bits per heavy atom. The van der Waals surface area contributed by atoms with Crippen LogP contribution in [0.3, 0.4) is 0 Å². The molecule has 1 atom stereocenters. The third-order valence-electron chi connectivity index (χ3n) is 3.22. The second-order valence-corrected chi connectivity index (χ2v) is 6.45. The van der Waals surface area contributed by atoms with Crippen LogP contribution >= 0.6 is 0 Å². The summed E-state index contributed by atoms with van der Waals surface area (Å²) < 4.78 is 27.6. The Morgan fingerprint density at radius 1 is 1.29 bits per heavy atom. The van der Waals surface area contributed by atoms with Gasteiger partial charge in [-0.3, -0.25) is 0 Å². The standard InChI is InChI=1S/C13H19N3O4S/c14-21(18,19)12-5-3-10(4-6-12)8-15-13(17)16-9-11-2-1-7-20-11/h3-6,11H,1-2,7-9H2,(H2,14,18,19)(H2,15,16,17)/t11-/m1/s1. The van der Waals surface area contributed by atoms with Gasteiger partial charge in [-0.05, 0) is 30.5 Å². The van der Waals surface area contributed by atoms with E-state index in [1.165, 1.54) is 12.1 Å². The molecule has 116 valence electrons. The lowest BCUT2D eigenvalue weighted by atomic mass is 10.2. The van der Waals surface area contributed by atoms with Crippen LogP contribution in [0.15, 0.2) is 29.2 Å². The van der Waals surface area contributed by atoms with Gasteiger partial charge in [-0.2, -0.15) is 0 Å². The van der Waals surface area contributed by atoms with Crippen LogP contribution in [0.2, 0.25) is 0 Å². The lowest BCUT2D eigenvalue weighted by Crippen LogP contribution is -2.39. The second-order valence-electron chi connectivity index (χ2n) is 4.89. The lowest BCUT2D eigenvalue weighted by molar-refractivity contribution is 0.111. The van der Waals surface area contributed by atoms with E-state index >= 15 is 0 Å². The van der Waals surface area contributed by atoms with E-state index in [-0.39, 0.29) is 17.0 Å². The Bertz CT molecular complexity index is 580. The summed E-state index contributed by atoms with van der Waals surface area (Å²) in [7, 11) is -3.68. The van der Waals surface area contributed by atoms with E-state index in [9.17, 15) is 13.2 Å². The number of nitrogens with two attached hydrogens (primary N) is 1. The molecule has 1 aliphatic heterocycles. The Hall–Kier alpha value is -1.64. The van der Waals surface area contributed by atoms with Crippen LogP contribution in [0.4, 0.5) is 4.79 Å². The van der Waals surface area contributed by atoms with Gasteiger partial charge in [-0.15, -0.1) is 0 Å². The molecule has 1 saturated heterocycles. The summed E-state index contributed by atoms with van der Waals surface area (Å²) in [5.74, 6) is 0. The van der Waals surface area contributed by atoms with E-state index in [0.717, 1.165) is 25.0 Å². The SMILES string of the molecule is NS(=O)(=O)c1ccc(CNC(=O)NC[C@H]2CCCO2)cc1. The number of nitrogens with one attached hydrogen (secondary N) is 2. The summed E-state index contributed by atoms with van der Waals surface area (Å²) in [5.41, 5.74) is 0.787. The van der Waals surface area contributed by atoms with Gasteiger partial charge in [-0.25, -0.2) is 18.4 Å². The molecule has 1 aromatic rings. The van der Waals surface area contributed by atoms with Crippen molar-refractivity contribution in [2.24, 2.45) is 5.14 Å². The number of amides is 2. The molecule has 0 saturated carbocycles. The van der Waals surface area contributed by atoms with Crippen LogP contribution in [0, 0.1) is 0 Å². The number of carbonyl (C=O) groups is 1. The molecular formula is C13H19N3O4S. The average Bonchev–Trinajstić information content (AvgIpc) is 2.95. The smallest absolute Gasteiger partial charge is 0.315 e. The summed E-state index contributed by atoms with van der Waals surface area (Å²) in [5, 5.41) is 10.4. The topological polar surface area (TPSA) is 111 Å². The van der Waals surface area contributed by atoms with Gasteiger partial charge in [0.15, 0.2) is 0 Å². The quantitative estimate of drug-likeness (QED) is 0.726. The van der Waals surface area contributed by atoms with Crippen LogP contribution in [-0.2, 0) is 21.3 Å². The molecule has 4 N–H and O–H groups in total. The number of benzene rings is 1. The maximum atomic E-state index is 11.6. The van der Waals surface area contributed by atoms with Crippen LogP contribution < -0.4 is 15.8 Å². The van der Waals surface area contributed by atoms with Crippen molar-refractivity contribution in [1.82, 2.24) is 10.6 Å². The number of hydrogen-bond acceptors (Lipinski definition) is 4. The zero-order valence-corrected chi connectivity index (χ0v) is 12.4. The minimum absolute atomic E-state index is 0.0501. The van der Waals surface area contributed by atoms with Gasteiger partial charge < -0.3 is 15.4 Å². The van der Waals surface area contributed by atoms with E-state index in [1.807, 2.05) is 0 Å². The molecule has 2 amide bonds. The molecule has 1 aliphatic rings. The predicted molar refractivity (Wildman–Crippen MR) is 77.0 cm³/mol. The number of carbonyl (C=O) groups excluding carboxylic acids is 1. The molecule has 1 heterocycles. The van der Waals surface area contributed by atoms with Crippen molar-refractivity contribution in [2.45, 2.75) is 30.4 Å². The van der Waals surface area contributed by atoms with E-state index in [4.69, 9.17) is 9.88 Å². The zero-order valence-electron chi connectivity index (χ0n) is 11.5. The molecule has 21 heavy (non-hydrogen) atoms. The third kappa shape index (κ3) is 5.00. The maximum absolute atomic E-state index is 11.6. The van der Waals surface area contributed by atoms with Crippen molar-refractivity contribution in [3.05, 3.63) is 29.8 Å². The first-order valence-corrected chi connectivity index (χ1v) is 8.25. The monoisotopic (exact) mass is 313 g/mol. The normalized spacial score (nSPS) is 18.4. The first kappa shape index (κ1) is 15.7. The van der Waals surface area contributed by atoms with Crippen molar-refractivity contribution < 1.29 is 17.9 Å². The maximum Gasteiger partial charge on any atom is 0.315 e. The number of primary sulfonamides is 1. The minimum Gasteiger partial charge on any atom is -0.376 e. The van der Waals surface area contributed by atoms with Gasteiger partial charge in [0.25, 0.3) is 0 Å². The van der Waals surface area contributed by atoms with Crippen LogP contribution in [0.5, 0.6) is 0 Å². The highest BCUT2D eigenvalue weighted by Crippen LogP contribution is 2.10. The molecular weight excluding hydrogens is 294 g/mol. The van der Waals surface area contributed by atoms with Crippen LogP contribution in [0.25, 0.3) is 0 Å². The highest BCUT2D eigenvalue weighted by molar-refractivity contribution is 7.89. The fraction of sp³-hybridized carbons (Fsp3) is 0.462. The summed E-state index contributed by atoms with van der Waals surface area (Å²) in [4.78, 5) is 11.7. The first-order chi connectivity index (χ1) is 9.95. The Morgan fingerprint density at radius 3 is 2.57 bits per heavy atom. The molecule has 1 aromatic carbocycles. The molecule has 8 heteroatoms. The van der Waals surface area contributed by atoms with Crippen molar-refractivity contribution in [3.8, 4) is 0 Å². The van der Waals surface area contributed by atoms with E-state index < -0.39 is 10.0 Å². The van der Waals surface area contributed by atoms with Crippen LogP contribution in [-0.4, -0.2) is 33.7 Å². The summed E-state index contributed by atoms with van der Waals surface area (Å²) in [6, 6.07) is 5.77. The van der Waals surface area contributed by atoms with Gasteiger partial charge in [0.05, 0.1) is 11.0 Å². The fourth-order valence-electron chi connectivity index (χ4n) is 2.05. The van der Waals surface area contributed by atoms with E-state index in [1.54, 1.807) is 12.1 Å². The Kier molecular flexibility index (Phi) is 5.16. The fourth-order valence-corrected chi connectivity index (χ4v) is 2.57. The van der Waals surface area contributed by atoms with Crippen molar-refractivity contribution in [1.29, 1.82) is 0 Å². The largest absolute Gasteiger partial charge is 0.376 e. The predicted octanol–water partition coefficient (Wildman–Crippen LogP) is 0.312. The van der Waals surface area contributed by atoms with Crippen LogP contribution in [0.1, 0.15) is 18.4 Å². The Balaban J connectivity index is 1.75. The van der Waals surface area contributed by atoms with Gasteiger partial charge in [0.1, 0.15) is 0 Å².